The third kappa shape index (κ3) is 4.72. The Labute approximate surface area is 183 Å². The Balaban J connectivity index is 1.74. The maximum absolute atomic E-state index is 13.0. The molecule has 1 amide bonds. The van der Waals surface area contributed by atoms with Crippen molar-refractivity contribution in [3.8, 4) is 0 Å². The van der Waals surface area contributed by atoms with Gasteiger partial charge < -0.3 is 10.1 Å². The summed E-state index contributed by atoms with van der Waals surface area (Å²) in [5.41, 5.74) is 0.605. The van der Waals surface area contributed by atoms with E-state index in [0.29, 0.717) is 10.6 Å². The molecular weight excluding hydrogens is 487 g/mol. The average molecular weight is 508 g/mol. The van der Waals surface area contributed by atoms with Crippen LogP contribution >= 0.6 is 27.3 Å². The molecule has 0 bridgehead atoms. The second kappa shape index (κ2) is 9.09. The van der Waals surface area contributed by atoms with Crippen molar-refractivity contribution in [3.63, 3.8) is 0 Å². The Morgan fingerprint density at radius 1 is 1.30 bits per heavy atom. The molecule has 30 heavy (non-hydrogen) atoms. The monoisotopic (exact) mass is 507 g/mol. The molecule has 0 atom stereocenters. The van der Waals surface area contributed by atoms with E-state index in [4.69, 9.17) is 4.74 Å². The summed E-state index contributed by atoms with van der Waals surface area (Å²) in [6.45, 7) is 3.42. The van der Waals surface area contributed by atoms with Crippen LogP contribution in [0.3, 0.4) is 0 Å². The first-order valence-electron chi connectivity index (χ1n) is 9.55. The van der Waals surface area contributed by atoms with Crippen LogP contribution in [0.1, 0.15) is 58.4 Å². The van der Waals surface area contributed by atoms with Gasteiger partial charge in [-0.1, -0.05) is 0 Å². The SMILES string of the molecule is CCOC(=O)c1c(NC(=O)CCn2nc(C(F)(F)F)c(Br)c2C)sc2c1CCCC2. The van der Waals surface area contributed by atoms with E-state index >= 15 is 0 Å². The topological polar surface area (TPSA) is 73.2 Å². The Kier molecular flexibility index (Phi) is 6.91. The second-order valence-corrected chi connectivity index (χ2v) is 8.80. The number of aryl methyl sites for hydroxylation is 2. The van der Waals surface area contributed by atoms with Crippen molar-refractivity contribution in [3.05, 3.63) is 31.9 Å². The van der Waals surface area contributed by atoms with Crippen LogP contribution in [0.4, 0.5) is 18.2 Å². The molecule has 0 saturated carbocycles. The average Bonchev–Trinajstić information content (AvgIpc) is 3.17. The minimum atomic E-state index is -4.58. The Morgan fingerprint density at radius 3 is 2.63 bits per heavy atom. The number of ether oxygens (including phenoxy) is 1. The number of amides is 1. The summed E-state index contributed by atoms with van der Waals surface area (Å²) in [6, 6.07) is 0. The van der Waals surface area contributed by atoms with Crippen LogP contribution < -0.4 is 5.32 Å². The van der Waals surface area contributed by atoms with Crippen LogP contribution in [-0.2, 0) is 35.1 Å². The quantitative estimate of drug-likeness (QED) is 0.550. The molecule has 1 aliphatic carbocycles. The second-order valence-electron chi connectivity index (χ2n) is 6.90. The number of nitrogens with one attached hydrogen (secondary N) is 1. The molecule has 0 unspecified atom stereocenters. The van der Waals surface area contributed by atoms with Gasteiger partial charge in [0.25, 0.3) is 0 Å². The van der Waals surface area contributed by atoms with Gasteiger partial charge in [-0.05, 0) is 61.0 Å². The summed E-state index contributed by atoms with van der Waals surface area (Å²) in [5, 5.41) is 6.77. The molecular formula is C19H21BrF3N3O3S. The van der Waals surface area contributed by atoms with Crippen LogP contribution in [0.15, 0.2) is 4.47 Å². The molecule has 1 aliphatic rings. The molecule has 0 spiro atoms. The summed E-state index contributed by atoms with van der Waals surface area (Å²) >= 11 is 4.28. The highest BCUT2D eigenvalue weighted by molar-refractivity contribution is 9.10. The van der Waals surface area contributed by atoms with Gasteiger partial charge in [0.15, 0.2) is 5.69 Å². The van der Waals surface area contributed by atoms with Crippen molar-refractivity contribution in [2.24, 2.45) is 0 Å². The number of hydrogen-bond acceptors (Lipinski definition) is 5. The highest BCUT2D eigenvalue weighted by Gasteiger charge is 2.38. The maximum atomic E-state index is 13.0. The predicted octanol–water partition coefficient (Wildman–Crippen LogP) is 5.12. The van der Waals surface area contributed by atoms with Gasteiger partial charge in [0, 0.05) is 11.3 Å². The molecule has 0 fully saturated rings. The van der Waals surface area contributed by atoms with E-state index in [2.05, 4.69) is 26.3 Å². The number of carbonyl (C=O) groups is 2. The number of esters is 1. The van der Waals surface area contributed by atoms with Gasteiger partial charge in [0.1, 0.15) is 5.00 Å². The van der Waals surface area contributed by atoms with E-state index in [1.54, 1.807) is 6.92 Å². The summed E-state index contributed by atoms with van der Waals surface area (Å²) in [7, 11) is 0. The van der Waals surface area contributed by atoms with E-state index in [-0.39, 0.29) is 29.7 Å². The third-order valence-electron chi connectivity index (χ3n) is 4.86. The fourth-order valence-corrected chi connectivity index (χ4v) is 5.20. The minimum Gasteiger partial charge on any atom is -0.462 e. The standard InChI is InChI=1S/C19H21BrF3N3O3S/c1-3-29-18(28)14-11-6-4-5-7-12(11)30-17(14)24-13(27)8-9-26-10(2)15(20)16(25-26)19(21,22)23/h3-9H2,1-2H3,(H,24,27). The molecule has 2 aromatic rings. The van der Waals surface area contributed by atoms with Gasteiger partial charge in [-0.25, -0.2) is 4.79 Å². The van der Waals surface area contributed by atoms with E-state index in [0.717, 1.165) is 40.8 Å². The van der Waals surface area contributed by atoms with Crippen molar-refractivity contribution < 1.29 is 27.5 Å². The molecule has 164 valence electrons. The maximum Gasteiger partial charge on any atom is 0.436 e. The largest absolute Gasteiger partial charge is 0.462 e. The number of anilines is 1. The number of aromatic nitrogens is 2. The van der Waals surface area contributed by atoms with Gasteiger partial charge in [-0.15, -0.1) is 11.3 Å². The molecule has 0 aliphatic heterocycles. The van der Waals surface area contributed by atoms with Gasteiger partial charge >= 0.3 is 12.1 Å². The molecule has 2 aromatic heterocycles. The lowest BCUT2D eigenvalue weighted by atomic mass is 9.95. The number of hydrogen-bond donors (Lipinski definition) is 1. The first-order chi connectivity index (χ1) is 14.1. The number of carbonyl (C=O) groups excluding carboxylic acids is 2. The number of nitrogens with zero attached hydrogens (tertiary/aromatic N) is 2. The first kappa shape index (κ1) is 22.8. The van der Waals surface area contributed by atoms with Crippen molar-refractivity contribution >= 4 is 44.1 Å². The van der Waals surface area contributed by atoms with Crippen molar-refractivity contribution in [2.45, 2.75) is 58.7 Å². The van der Waals surface area contributed by atoms with Gasteiger partial charge in [-0.2, -0.15) is 18.3 Å². The minimum absolute atomic E-state index is 0.0217. The molecule has 11 heteroatoms. The molecule has 3 rings (SSSR count). The van der Waals surface area contributed by atoms with Crippen molar-refractivity contribution in [1.29, 1.82) is 0 Å². The van der Waals surface area contributed by atoms with Crippen LogP contribution in [0.5, 0.6) is 0 Å². The Morgan fingerprint density at radius 2 is 2.00 bits per heavy atom. The fraction of sp³-hybridized carbons (Fsp3) is 0.526. The zero-order chi connectivity index (χ0) is 22.1. The van der Waals surface area contributed by atoms with Crippen LogP contribution in [-0.4, -0.2) is 28.3 Å². The van der Waals surface area contributed by atoms with Crippen LogP contribution in [0.25, 0.3) is 0 Å². The van der Waals surface area contributed by atoms with Gasteiger partial charge in [0.05, 0.1) is 28.9 Å². The fourth-order valence-electron chi connectivity index (χ4n) is 3.39. The number of fused-ring (bicyclic) bond motifs is 1. The zero-order valence-electron chi connectivity index (χ0n) is 16.5. The predicted molar refractivity (Wildman–Crippen MR) is 110 cm³/mol. The number of rotatable bonds is 6. The van der Waals surface area contributed by atoms with E-state index in [1.165, 1.54) is 18.3 Å². The Hall–Kier alpha value is -1.88. The molecule has 0 radical (unpaired) electrons. The van der Waals surface area contributed by atoms with E-state index in [9.17, 15) is 22.8 Å². The molecule has 0 saturated heterocycles. The molecule has 0 aromatic carbocycles. The van der Waals surface area contributed by atoms with Crippen LogP contribution in [0.2, 0.25) is 0 Å². The zero-order valence-corrected chi connectivity index (χ0v) is 18.9. The number of halogens is 4. The lowest BCUT2D eigenvalue weighted by molar-refractivity contribution is -0.142. The van der Waals surface area contributed by atoms with Crippen molar-refractivity contribution in [2.75, 3.05) is 11.9 Å². The smallest absolute Gasteiger partial charge is 0.436 e. The van der Waals surface area contributed by atoms with Gasteiger partial charge in [0.2, 0.25) is 5.91 Å². The normalized spacial score (nSPS) is 13.8. The van der Waals surface area contributed by atoms with E-state index in [1.807, 2.05) is 0 Å². The van der Waals surface area contributed by atoms with Crippen molar-refractivity contribution in [1.82, 2.24) is 9.78 Å². The summed E-state index contributed by atoms with van der Waals surface area (Å²) in [5.74, 6) is -0.868. The molecule has 2 heterocycles. The Bertz CT molecular complexity index is 969. The van der Waals surface area contributed by atoms with Crippen LogP contribution in [0, 0.1) is 6.92 Å². The lowest BCUT2D eigenvalue weighted by Gasteiger charge is -2.12. The highest BCUT2D eigenvalue weighted by Crippen LogP contribution is 2.39. The van der Waals surface area contributed by atoms with Gasteiger partial charge in [-0.3, -0.25) is 9.48 Å². The highest BCUT2D eigenvalue weighted by atomic mass is 79.9. The summed E-state index contributed by atoms with van der Waals surface area (Å²) in [6.07, 6.45) is -1.06. The summed E-state index contributed by atoms with van der Waals surface area (Å²) in [4.78, 5) is 26.0. The summed E-state index contributed by atoms with van der Waals surface area (Å²) < 4.78 is 45.2. The number of alkyl halides is 3. The third-order valence-corrected chi connectivity index (χ3v) is 7.01. The first-order valence-corrected chi connectivity index (χ1v) is 11.2. The van der Waals surface area contributed by atoms with E-state index < -0.39 is 23.7 Å². The number of thiophene rings is 1. The molecule has 1 N–H and O–H groups in total. The molecule has 6 nitrogen and oxygen atoms in total. The lowest BCUT2D eigenvalue weighted by Crippen LogP contribution is -2.18.